The Morgan fingerprint density at radius 3 is 2.65 bits per heavy atom. The lowest BCUT2D eigenvalue weighted by Gasteiger charge is -2.07. The lowest BCUT2D eigenvalue weighted by molar-refractivity contribution is -0.125. The summed E-state index contributed by atoms with van der Waals surface area (Å²) in [5, 5.41) is 5.58. The highest BCUT2D eigenvalue weighted by atomic mass is 16.5. The highest BCUT2D eigenvalue weighted by molar-refractivity contribution is 6.01. The largest absolute Gasteiger partial charge is 0.385 e. The second-order valence-electron chi connectivity index (χ2n) is 5.71. The minimum absolute atomic E-state index is 0.0548. The molecule has 0 heterocycles. The molecule has 2 unspecified atom stereocenters. The molecule has 0 aromatic heterocycles. The van der Waals surface area contributed by atoms with Gasteiger partial charge in [-0.15, -0.1) is 0 Å². The highest BCUT2D eigenvalue weighted by Crippen LogP contribution is 2.39. The van der Waals surface area contributed by atoms with Gasteiger partial charge in [0.1, 0.15) is 0 Å². The van der Waals surface area contributed by atoms with Crippen molar-refractivity contribution in [2.45, 2.75) is 19.8 Å². The van der Waals surface area contributed by atoms with Crippen LogP contribution in [0.4, 0.5) is 5.69 Å². The van der Waals surface area contributed by atoms with Crippen LogP contribution in [-0.4, -0.2) is 37.9 Å². The molecule has 1 aliphatic carbocycles. The Morgan fingerprint density at radius 2 is 1.96 bits per heavy atom. The van der Waals surface area contributed by atoms with Crippen LogP contribution in [0.25, 0.3) is 0 Å². The van der Waals surface area contributed by atoms with Gasteiger partial charge in [-0.3, -0.25) is 14.4 Å². The first-order valence-corrected chi connectivity index (χ1v) is 7.71. The minimum atomic E-state index is -0.293. The van der Waals surface area contributed by atoms with Gasteiger partial charge in [0.25, 0.3) is 0 Å². The van der Waals surface area contributed by atoms with Crippen molar-refractivity contribution in [3.63, 3.8) is 0 Å². The summed E-state index contributed by atoms with van der Waals surface area (Å²) in [6, 6.07) is 6.79. The zero-order valence-electron chi connectivity index (χ0n) is 13.4. The highest BCUT2D eigenvalue weighted by Gasteiger charge is 2.47. The Morgan fingerprint density at radius 1 is 1.22 bits per heavy atom. The fourth-order valence-electron chi connectivity index (χ4n) is 2.38. The summed E-state index contributed by atoms with van der Waals surface area (Å²) >= 11 is 0. The van der Waals surface area contributed by atoms with Gasteiger partial charge in [-0.1, -0.05) is 12.1 Å². The molecule has 0 radical (unpaired) electrons. The number of nitrogens with one attached hydrogen (secondary N) is 2. The topological polar surface area (TPSA) is 84.5 Å². The van der Waals surface area contributed by atoms with Crippen molar-refractivity contribution >= 4 is 23.3 Å². The van der Waals surface area contributed by atoms with Gasteiger partial charge < -0.3 is 15.4 Å². The quantitative estimate of drug-likeness (QED) is 0.563. The summed E-state index contributed by atoms with van der Waals surface area (Å²) in [6.45, 7) is 2.63. The Bertz CT molecular complexity index is 600. The molecule has 1 aromatic rings. The number of methoxy groups -OCH3 is 1. The standard InChI is InChI=1S/C17H22N2O4/c1-11(20)12-5-3-6-13(9-12)19-17(22)15-10-14(15)16(21)18-7-4-8-23-2/h3,5-6,9,14-15H,4,7-8,10H2,1-2H3,(H,18,21)(H,19,22). The van der Waals surface area contributed by atoms with Crippen molar-refractivity contribution in [2.24, 2.45) is 11.8 Å². The average Bonchev–Trinajstić information content (AvgIpc) is 3.32. The van der Waals surface area contributed by atoms with E-state index in [1.165, 1.54) is 6.92 Å². The number of hydrogen-bond acceptors (Lipinski definition) is 4. The number of benzene rings is 1. The Balaban J connectivity index is 1.80. The van der Waals surface area contributed by atoms with Gasteiger partial charge in [0.05, 0.1) is 11.8 Å². The summed E-state index contributed by atoms with van der Waals surface area (Å²) in [5.41, 5.74) is 1.12. The molecule has 1 aromatic carbocycles. The molecule has 6 heteroatoms. The summed E-state index contributed by atoms with van der Waals surface area (Å²) in [5.74, 6) is -0.866. The van der Waals surface area contributed by atoms with Crippen molar-refractivity contribution in [2.75, 3.05) is 25.6 Å². The number of ketones is 1. The fourth-order valence-corrected chi connectivity index (χ4v) is 2.38. The van der Waals surface area contributed by atoms with Gasteiger partial charge in [-0.2, -0.15) is 0 Å². The molecule has 0 saturated heterocycles. The molecule has 23 heavy (non-hydrogen) atoms. The van der Waals surface area contributed by atoms with E-state index >= 15 is 0 Å². The average molecular weight is 318 g/mol. The van der Waals surface area contributed by atoms with Crippen LogP contribution in [0.5, 0.6) is 0 Å². The van der Waals surface area contributed by atoms with E-state index in [4.69, 9.17) is 4.74 Å². The second-order valence-corrected chi connectivity index (χ2v) is 5.71. The molecule has 0 aliphatic heterocycles. The number of amides is 2. The van der Waals surface area contributed by atoms with Crippen LogP contribution in [0.2, 0.25) is 0 Å². The van der Waals surface area contributed by atoms with Gasteiger partial charge in [-0.05, 0) is 31.9 Å². The van der Waals surface area contributed by atoms with E-state index in [0.29, 0.717) is 30.8 Å². The first-order chi connectivity index (χ1) is 11.0. The maximum Gasteiger partial charge on any atom is 0.228 e. The lowest BCUT2D eigenvalue weighted by atomic mass is 10.1. The number of anilines is 1. The van der Waals surface area contributed by atoms with Crippen molar-refractivity contribution in [3.8, 4) is 0 Å². The zero-order chi connectivity index (χ0) is 16.8. The Hall–Kier alpha value is -2.21. The van der Waals surface area contributed by atoms with E-state index in [2.05, 4.69) is 10.6 Å². The Labute approximate surface area is 135 Å². The summed E-state index contributed by atoms with van der Waals surface area (Å²) in [7, 11) is 1.62. The van der Waals surface area contributed by atoms with Crippen molar-refractivity contribution in [1.82, 2.24) is 5.32 Å². The molecule has 124 valence electrons. The molecule has 2 rings (SSSR count). The molecular weight excluding hydrogens is 296 g/mol. The maximum absolute atomic E-state index is 12.2. The van der Waals surface area contributed by atoms with E-state index in [9.17, 15) is 14.4 Å². The van der Waals surface area contributed by atoms with E-state index in [1.807, 2.05) is 0 Å². The van der Waals surface area contributed by atoms with Crippen molar-refractivity contribution < 1.29 is 19.1 Å². The van der Waals surface area contributed by atoms with Crippen molar-refractivity contribution in [1.29, 1.82) is 0 Å². The first kappa shape index (κ1) is 17.1. The van der Waals surface area contributed by atoms with Crippen molar-refractivity contribution in [3.05, 3.63) is 29.8 Å². The second kappa shape index (κ2) is 7.87. The fraction of sp³-hybridized carbons (Fsp3) is 0.471. The van der Waals surface area contributed by atoms with E-state index in [0.717, 1.165) is 6.42 Å². The first-order valence-electron chi connectivity index (χ1n) is 7.71. The van der Waals surface area contributed by atoms with Crippen LogP contribution in [0, 0.1) is 11.8 Å². The van der Waals surface area contributed by atoms with Gasteiger partial charge in [0, 0.05) is 31.5 Å². The lowest BCUT2D eigenvalue weighted by Crippen LogP contribution is -2.28. The number of Topliss-reactive ketones (excluding diaryl/α,β-unsaturated/α-hetero) is 1. The third kappa shape index (κ3) is 4.89. The number of hydrogen-bond donors (Lipinski definition) is 2. The molecule has 1 fully saturated rings. The van der Waals surface area contributed by atoms with Crippen LogP contribution in [0.3, 0.4) is 0 Å². The normalized spacial score (nSPS) is 19.0. The van der Waals surface area contributed by atoms with Crippen LogP contribution in [0.15, 0.2) is 24.3 Å². The molecular formula is C17H22N2O4. The Kier molecular flexibility index (Phi) is 5.87. The molecule has 1 aliphatic rings. The third-order valence-electron chi connectivity index (χ3n) is 3.83. The summed E-state index contributed by atoms with van der Waals surface area (Å²) in [4.78, 5) is 35.4. The van der Waals surface area contributed by atoms with Crippen LogP contribution in [0.1, 0.15) is 30.1 Å². The number of carbonyl (C=O) groups excluding carboxylic acids is 3. The molecule has 6 nitrogen and oxygen atoms in total. The number of carbonyl (C=O) groups is 3. The molecule has 2 amide bonds. The zero-order valence-corrected chi connectivity index (χ0v) is 13.4. The molecule has 0 spiro atoms. The van der Waals surface area contributed by atoms with Crippen LogP contribution < -0.4 is 10.6 Å². The number of ether oxygens (including phenoxy) is 1. The molecule has 2 N–H and O–H groups in total. The summed E-state index contributed by atoms with van der Waals surface area (Å²) < 4.78 is 4.91. The smallest absolute Gasteiger partial charge is 0.228 e. The SMILES string of the molecule is COCCCNC(=O)C1CC1C(=O)Nc1cccc(C(C)=O)c1. The molecule has 0 bridgehead atoms. The predicted octanol–water partition coefficient (Wildman–Crippen LogP) is 1.62. The minimum Gasteiger partial charge on any atom is -0.385 e. The molecule has 2 atom stereocenters. The van der Waals surface area contributed by atoms with Gasteiger partial charge >= 0.3 is 0 Å². The molecule has 1 saturated carbocycles. The van der Waals surface area contributed by atoms with Gasteiger partial charge in [-0.25, -0.2) is 0 Å². The van der Waals surface area contributed by atoms with E-state index in [1.54, 1.807) is 31.4 Å². The predicted molar refractivity (Wildman–Crippen MR) is 86.2 cm³/mol. The number of rotatable bonds is 8. The van der Waals surface area contributed by atoms with Crippen LogP contribution >= 0.6 is 0 Å². The van der Waals surface area contributed by atoms with E-state index < -0.39 is 0 Å². The summed E-state index contributed by atoms with van der Waals surface area (Å²) in [6.07, 6.45) is 1.32. The van der Waals surface area contributed by atoms with Crippen LogP contribution in [-0.2, 0) is 14.3 Å². The monoisotopic (exact) mass is 318 g/mol. The third-order valence-corrected chi connectivity index (χ3v) is 3.83. The maximum atomic E-state index is 12.2. The van der Waals surface area contributed by atoms with Gasteiger partial charge in [0.2, 0.25) is 11.8 Å². The van der Waals surface area contributed by atoms with E-state index in [-0.39, 0.29) is 29.4 Å². The van der Waals surface area contributed by atoms with Gasteiger partial charge in [0.15, 0.2) is 5.78 Å².